The molecular formula is C15H8F4N2O2S. The lowest BCUT2D eigenvalue weighted by Gasteiger charge is -2.09. The summed E-state index contributed by atoms with van der Waals surface area (Å²) in [5.74, 6) is -2.10. The first kappa shape index (κ1) is 16.5. The fourth-order valence-corrected chi connectivity index (χ4v) is 2.92. The van der Waals surface area contributed by atoms with E-state index in [0.717, 1.165) is 0 Å². The van der Waals surface area contributed by atoms with Crippen LogP contribution in [0.1, 0.15) is 5.89 Å². The minimum atomic E-state index is -4.71. The van der Waals surface area contributed by atoms with Gasteiger partial charge < -0.3 is 9.08 Å². The van der Waals surface area contributed by atoms with Gasteiger partial charge in [-0.3, -0.25) is 0 Å². The lowest BCUT2D eigenvalue weighted by atomic mass is 10.2. The van der Waals surface area contributed by atoms with Crippen LogP contribution < -0.4 is 0 Å². The molecule has 9 heteroatoms. The number of rotatable bonds is 3. The minimum Gasteiger partial charge on any atom is -0.606 e. The molecule has 2 aromatic carbocycles. The molecule has 0 bridgehead atoms. The molecule has 1 unspecified atom stereocenters. The van der Waals surface area contributed by atoms with Gasteiger partial charge in [-0.05, 0) is 48.5 Å². The lowest BCUT2D eigenvalue weighted by molar-refractivity contribution is -0.159. The van der Waals surface area contributed by atoms with Crippen LogP contribution in [0.25, 0.3) is 11.4 Å². The zero-order valence-electron chi connectivity index (χ0n) is 11.7. The second-order valence-corrected chi connectivity index (χ2v) is 6.15. The van der Waals surface area contributed by atoms with Crippen LogP contribution in [0.5, 0.6) is 0 Å². The minimum absolute atomic E-state index is 0.221. The third kappa shape index (κ3) is 3.41. The maximum Gasteiger partial charge on any atom is 0.471 e. The van der Waals surface area contributed by atoms with Gasteiger partial charge in [0.2, 0.25) is 5.82 Å². The zero-order valence-corrected chi connectivity index (χ0v) is 12.6. The van der Waals surface area contributed by atoms with E-state index in [2.05, 4.69) is 14.7 Å². The molecule has 0 aliphatic carbocycles. The van der Waals surface area contributed by atoms with Gasteiger partial charge in [0.15, 0.2) is 9.79 Å². The molecule has 1 aromatic heterocycles. The van der Waals surface area contributed by atoms with E-state index in [4.69, 9.17) is 0 Å². The molecule has 124 valence electrons. The number of hydrogen-bond acceptors (Lipinski definition) is 4. The van der Waals surface area contributed by atoms with Crippen LogP contribution in [0.3, 0.4) is 0 Å². The highest BCUT2D eigenvalue weighted by molar-refractivity contribution is 7.91. The molecule has 0 fully saturated rings. The van der Waals surface area contributed by atoms with Crippen LogP contribution in [0.2, 0.25) is 0 Å². The van der Waals surface area contributed by atoms with Crippen molar-refractivity contribution in [2.45, 2.75) is 16.0 Å². The average molecular weight is 356 g/mol. The first-order valence-electron chi connectivity index (χ1n) is 6.53. The third-order valence-electron chi connectivity index (χ3n) is 3.02. The van der Waals surface area contributed by atoms with Gasteiger partial charge in [0, 0.05) is 16.7 Å². The van der Waals surface area contributed by atoms with Crippen molar-refractivity contribution in [3.8, 4) is 11.4 Å². The zero-order chi connectivity index (χ0) is 17.3. The quantitative estimate of drug-likeness (QED) is 0.524. The average Bonchev–Trinajstić information content (AvgIpc) is 3.05. The molecule has 0 saturated carbocycles. The first-order valence-corrected chi connectivity index (χ1v) is 7.68. The standard InChI is InChI=1S/C15H8F4N2O2S/c16-10-3-7-12(8-4-10)24(22)11-5-1-9(2-6-11)13-20-14(23-21-13)15(17,18)19/h1-8H. The van der Waals surface area contributed by atoms with Crippen LogP contribution in [0.4, 0.5) is 17.6 Å². The number of aromatic nitrogens is 2. The second-order valence-electron chi connectivity index (χ2n) is 4.67. The Labute approximate surface area is 136 Å². The van der Waals surface area contributed by atoms with Gasteiger partial charge in [-0.15, -0.1) is 0 Å². The van der Waals surface area contributed by atoms with E-state index in [1.807, 2.05) is 0 Å². The summed E-state index contributed by atoms with van der Waals surface area (Å²) in [6.07, 6.45) is -4.71. The van der Waals surface area contributed by atoms with E-state index in [9.17, 15) is 22.1 Å². The van der Waals surface area contributed by atoms with Crippen molar-refractivity contribution in [1.82, 2.24) is 10.1 Å². The number of alkyl halides is 3. The van der Waals surface area contributed by atoms with Crippen LogP contribution in [-0.4, -0.2) is 14.7 Å². The molecule has 3 rings (SSSR count). The van der Waals surface area contributed by atoms with Crippen molar-refractivity contribution in [1.29, 1.82) is 0 Å². The Kier molecular flexibility index (Phi) is 4.29. The van der Waals surface area contributed by atoms with Crippen LogP contribution in [0, 0.1) is 5.82 Å². The Morgan fingerprint density at radius 3 is 1.96 bits per heavy atom. The summed E-state index contributed by atoms with van der Waals surface area (Å²) in [4.78, 5) is 4.09. The molecule has 1 atom stereocenters. The summed E-state index contributed by atoms with van der Waals surface area (Å²) in [7, 11) is 0. The van der Waals surface area contributed by atoms with E-state index in [1.54, 1.807) is 0 Å². The van der Waals surface area contributed by atoms with Gasteiger partial charge in [-0.25, -0.2) is 4.39 Å². The molecule has 24 heavy (non-hydrogen) atoms. The van der Waals surface area contributed by atoms with E-state index in [-0.39, 0.29) is 11.4 Å². The molecule has 3 aromatic rings. The molecule has 0 amide bonds. The van der Waals surface area contributed by atoms with Crippen molar-refractivity contribution in [2.24, 2.45) is 0 Å². The normalized spacial score (nSPS) is 13.0. The Hall–Kier alpha value is -2.39. The second kappa shape index (κ2) is 6.25. The molecule has 4 nitrogen and oxygen atoms in total. The molecular weight excluding hydrogens is 348 g/mol. The SMILES string of the molecule is [O-][S+](c1ccc(F)cc1)c1ccc(-c2noc(C(F)(F)F)n2)cc1. The van der Waals surface area contributed by atoms with Crippen molar-refractivity contribution in [2.75, 3.05) is 0 Å². The number of halogens is 4. The smallest absolute Gasteiger partial charge is 0.471 e. The molecule has 0 aliphatic rings. The lowest BCUT2D eigenvalue weighted by Crippen LogP contribution is -2.04. The van der Waals surface area contributed by atoms with Crippen LogP contribution in [-0.2, 0) is 17.4 Å². The van der Waals surface area contributed by atoms with Gasteiger partial charge in [0.25, 0.3) is 0 Å². The Balaban J connectivity index is 1.82. The predicted octanol–water partition coefficient (Wildman–Crippen LogP) is 4.06. The van der Waals surface area contributed by atoms with Crippen molar-refractivity contribution in [3.05, 3.63) is 60.2 Å². The fraction of sp³-hybridized carbons (Fsp3) is 0.0667. The predicted molar refractivity (Wildman–Crippen MR) is 75.8 cm³/mol. The van der Waals surface area contributed by atoms with E-state index in [1.165, 1.54) is 48.5 Å². The number of benzene rings is 2. The molecule has 0 N–H and O–H groups in total. The van der Waals surface area contributed by atoms with E-state index < -0.39 is 29.1 Å². The highest BCUT2D eigenvalue weighted by atomic mass is 32.2. The van der Waals surface area contributed by atoms with Gasteiger partial charge >= 0.3 is 12.1 Å². The molecule has 0 saturated heterocycles. The van der Waals surface area contributed by atoms with Crippen molar-refractivity contribution >= 4 is 11.2 Å². The monoisotopic (exact) mass is 356 g/mol. The molecule has 0 radical (unpaired) electrons. The van der Waals surface area contributed by atoms with Crippen LogP contribution >= 0.6 is 0 Å². The largest absolute Gasteiger partial charge is 0.606 e. The van der Waals surface area contributed by atoms with E-state index in [0.29, 0.717) is 9.79 Å². The maximum absolute atomic E-state index is 12.9. The molecule has 0 aliphatic heterocycles. The Morgan fingerprint density at radius 1 is 0.917 bits per heavy atom. The van der Waals surface area contributed by atoms with E-state index >= 15 is 0 Å². The summed E-state index contributed by atoms with van der Waals surface area (Å²) in [6, 6.07) is 11.0. The highest BCUT2D eigenvalue weighted by Gasteiger charge is 2.38. The topological polar surface area (TPSA) is 62.0 Å². The molecule has 1 heterocycles. The number of nitrogens with zero attached hydrogens (tertiary/aromatic N) is 2. The van der Waals surface area contributed by atoms with Gasteiger partial charge in [-0.1, -0.05) is 5.16 Å². The van der Waals surface area contributed by atoms with Gasteiger partial charge in [0.1, 0.15) is 5.82 Å². The number of hydrogen-bond donors (Lipinski definition) is 0. The summed E-state index contributed by atoms with van der Waals surface area (Å²) < 4.78 is 66.7. The summed E-state index contributed by atoms with van der Waals surface area (Å²) in [5, 5.41) is 3.27. The fourth-order valence-electron chi connectivity index (χ4n) is 1.88. The first-order chi connectivity index (χ1) is 11.3. The van der Waals surface area contributed by atoms with Crippen molar-refractivity contribution in [3.63, 3.8) is 0 Å². The highest BCUT2D eigenvalue weighted by Crippen LogP contribution is 2.30. The summed E-state index contributed by atoms with van der Waals surface area (Å²) in [6.45, 7) is 0. The Bertz CT molecular complexity index is 832. The van der Waals surface area contributed by atoms with Crippen molar-refractivity contribution < 1.29 is 26.6 Å². The van der Waals surface area contributed by atoms with Gasteiger partial charge in [0.05, 0.1) is 0 Å². The Morgan fingerprint density at radius 2 is 1.46 bits per heavy atom. The van der Waals surface area contributed by atoms with Crippen LogP contribution in [0.15, 0.2) is 62.8 Å². The molecule has 0 spiro atoms. The maximum atomic E-state index is 12.9. The van der Waals surface area contributed by atoms with Gasteiger partial charge in [-0.2, -0.15) is 18.2 Å². The summed E-state index contributed by atoms with van der Waals surface area (Å²) >= 11 is -1.54. The summed E-state index contributed by atoms with van der Waals surface area (Å²) in [5.41, 5.74) is 0.286. The third-order valence-corrected chi connectivity index (χ3v) is 4.42.